The van der Waals surface area contributed by atoms with Crippen molar-refractivity contribution < 1.29 is 13.6 Å². The number of furan rings is 1. The number of halogens is 1. The summed E-state index contributed by atoms with van der Waals surface area (Å²) < 4.78 is 19.5. The summed E-state index contributed by atoms with van der Waals surface area (Å²) in [6.45, 7) is 3.86. The maximum Gasteiger partial charge on any atom is 0.287 e. The molecule has 0 spiro atoms. The fourth-order valence-corrected chi connectivity index (χ4v) is 4.45. The van der Waals surface area contributed by atoms with E-state index in [0.29, 0.717) is 5.76 Å². The third kappa shape index (κ3) is 2.82. The Hall–Kier alpha value is -2.27. The quantitative estimate of drug-likeness (QED) is 0.691. The van der Waals surface area contributed by atoms with Crippen LogP contribution in [0.25, 0.3) is 11.0 Å². The summed E-state index contributed by atoms with van der Waals surface area (Å²) in [5, 5.41) is 3.98. The number of aryl methyl sites for hydroxylation is 2. The summed E-state index contributed by atoms with van der Waals surface area (Å²) in [4.78, 5) is 13.8. The first kappa shape index (κ1) is 16.2. The van der Waals surface area contributed by atoms with Gasteiger partial charge in [-0.1, -0.05) is 18.2 Å². The van der Waals surface area contributed by atoms with Gasteiger partial charge in [-0.2, -0.15) is 0 Å². The van der Waals surface area contributed by atoms with Crippen LogP contribution in [-0.4, -0.2) is 11.7 Å². The summed E-state index contributed by atoms with van der Waals surface area (Å²) >= 11 is 1.69. The molecule has 1 aliphatic rings. The molecule has 1 aliphatic heterocycles. The van der Waals surface area contributed by atoms with E-state index in [-0.39, 0.29) is 17.8 Å². The minimum absolute atomic E-state index is 0.201. The summed E-state index contributed by atoms with van der Waals surface area (Å²) in [5.74, 6) is 0.693. The molecule has 1 aromatic heterocycles. The normalized spacial score (nSPS) is 16.7. The minimum Gasteiger partial charge on any atom is -0.450 e. The lowest BCUT2D eigenvalue weighted by Crippen LogP contribution is -2.30. The van der Waals surface area contributed by atoms with Crippen LogP contribution in [0.3, 0.4) is 0 Å². The highest BCUT2D eigenvalue weighted by molar-refractivity contribution is 7.99. The van der Waals surface area contributed by atoms with Crippen LogP contribution in [0, 0.1) is 19.7 Å². The Morgan fingerprint density at radius 1 is 1.28 bits per heavy atom. The lowest BCUT2D eigenvalue weighted by molar-refractivity contribution is 0.0908. The number of thioether (sulfide) groups is 1. The molecule has 2 heterocycles. The molecule has 0 bridgehead atoms. The lowest BCUT2D eigenvalue weighted by atomic mass is 10.0. The molecule has 0 saturated carbocycles. The predicted octanol–water partition coefficient (Wildman–Crippen LogP) is 5.16. The molecule has 3 aromatic rings. The first-order chi connectivity index (χ1) is 12.0. The van der Waals surface area contributed by atoms with Crippen molar-refractivity contribution in [1.82, 2.24) is 5.32 Å². The number of para-hydroxylation sites is 1. The minimum atomic E-state index is -0.281. The zero-order valence-corrected chi connectivity index (χ0v) is 14.9. The number of nitrogens with one attached hydrogen (secondary N) is 1. The SMILES string of the molecule is Cc1c(C(=O)NC2CCSc3ccc(F)cc32)oc2c(C)cccc12. The summed E-state index contributed by atoms with van der Waals surface area (Å²) in [5.41, 5.74) is 3.42. The number of fused-ring (bicyclic) bond motifs is 2. The highest BCUT2D eigenvalue weighted by atomic mass is 32.2. The van der Waals surface area contributed by atoms with Crippen LogP contribution in [0.5, 0.6) is 0 Å². The van der Waals surface area contributed by atoms with Crippen molar-refractivity contribution in [2.24, 2.45) is 0 Å². The van der Waals surface area contributed by atoms with Crippen molar-refractivity contribution >= 4 is 28.6 Å². The van der Waals surface area contributed by atoms with E-state index in [2.05, 4.69) is 5.32 Å². The molecule has 1 N–H and O–H groups in total. The number of benzene rings is 2. The molecule has 0 radical (unpaired) electrons. The van der Waals surface area contributed by atoms with Crippen LogP contribution < -0.4 is 5.32 Å². The zero-order valence-electron chi connectivity index (χ0n) is 14.1. The molecule has 0 saturated heterocycles. The van der Waals surface area contributed by atoms with Crippen LogP contribution in [0.2, 0.25) is 0 Å². The smallest absolute Gasteiger partial charge is 0.287 e. The van der Waals surface area contributed by atoms with Crippen molar-refractivity contribution in [3.05, 3.63) is 64.7 Å². The number of hydrogen-bond acceptors (Lipinski definition) is 3. The molecule has 1 unspecified atom stereocenters. The van der Waals surface area contributed by atoms with Crippen LogP contribution >= 0.6 is 11.8 Å². The van der Waals surface area contributed by atoms with E-state index in [0.717, 1.165) is 44.7 Å². The Labute approximate surface area is 149 Å². The van der Waals surface area contributed by atoms with Crippen molar-refractivity contribution in [1.29, 1.82) is 0 Å². The van der Waals surface area contributed by atoms with Gasteiger partial charge in [0.15, 0.2) is 5.76 Å². The van der Waals surface area contributed by atoms with Gasteiger partial charge in [0.05, 0.1) is 6.04 Å². The van der Waals surface area contributed by atoms with E-state index >= 15 is 0 Å². The Morgan fingerprint density at radius 3 is 2.92 bits per heavy atom. The van der Waals surface area contributed by atoms with Crippen molar-refractivity contribution in [2.75, 3.05) is 5.75 Å². The van der Waals surface area contributed by atoms with Gasteiger partial charge in [0.25, 0.3) is 5.91 Å². The maximum atomic E-state index is 13.6. The maximum absolute atomic E-state index is 13.6. The molecule has 0 aliphatic carbocycles. The van der Waals surface area contributed by atoms with Gasteiger partial charge in [-0.3, -0.25) is 4.79 Å². The van der Waals surface area contributed by atoms with E-state index in [1.165, 1.54) is 12.1 Å². The van der Waals surface area contributed by atoms with E-state index in [9.17, 15) is 9.18 Å². The van der Waals surface area contributed by atoms with Gasteiger partial charge < -0.3 is 9.73 Å². The largest absolute Gasteiger partial charge is 0.450 e. The van der Waals surface area contributed by atoms with Crippen molar-refractivity contribution in [3.63, 3.8) is 0 Å². The van der Waals surface area contributed by atoms with Gasteiger partial charge in [-0.15, -0.1) is 11.8 Å². The molecule has 128 valence electrons. The average molecular weight is 355 g/mol. The molecule has 1 amide bonds. The molecule has 2 aromatic carbocycles. The van der Waals surface area contributed by atoms with Crippen LogP contribution in [0.15, 0.2) is 45.7 Å². The molecule has 25 heavy (non-hydrogen) atoms. The van der Waals surface area contributed by atoms with Gasteiger partial charge in [-0.25, -0.2) is 4.39 Å². The average Bonchev–Trinajstić information content (AvgIpc) is 2.94. The predicted molar refractivity (Wildman–Crippen MR) is 97.6 cm³/mol. The molecule has 1 atom stereocenters. The van der Waals surface area contributed by atoms with E-state index in [4.69, 9.17) is 4.42 Å². The van der Waals surface area contributed by atoms with E-state index in [1.807, 2.05) is 32.0 Å². The first-order valence-corrected chi connectivity index (χ1v) is 9.25. The van der Waals surface area contributed by atoms with Crippen LogP contribution in [0.1, 0.15) is 39.7 Å². The Morgan fingerprint density at radius 2 is 2.12 bits per heavy atom. The second-order valence-electron chi connectivity index (χ2n) is 6.35. The number of hydrogen-bond donors (Lipinski definition) is 1. The molecule has 0 fully saturated rings. The Balaban J connectivity index is 1.67. The number of amides is 1. The van der Waals surface area contributed by atoms with Gasteiger partial charge >= 0.3 is 0 Å². The van der Waals surface area contributed by atoms with Gasteiger partial charge in [0, 0.05) is 21.6 Å². The Bertz CT molecular complexity index is 979. The first-order valence-electron chi connectivity index (χ1n) is 8.26. The van der Waals surface area contributed by atoms with E-state index in [1.54, 1.807) is 17.8 Å². The van der Waals surface area contributed by atoms with Crippen LogP contribution in [-0.2, 0) is 0 Å². The summed E-state index contributed by atoms with van der Waals surface area (Å²) in [6, 6.07) is 10.4. The Kier molecular flexibility index (Phi) is 4.04. The molecular formula is C20H18FNO2S. The molecule has 4 rings (SSSR count). The summed E-state index contributed by atoms with van der Waals surface area (Å²) in [7, 11) is 0. The lowest BCUT2D eigenvalue weighted by Gasteiger charge is -2.25. The molecule has 5 heteroatoms. The van der Waals surface area contributed by atoms with Gasteiger partial charge in [0.1, 0.15) is 11.4 Å². The van der Waals surface area contributed by atoms with Crippen molar-refractivity contribution in [3.8, 4) is 0 Å². The fourth-order valence-electron chi connectivity index (χ4n) is 3.34. The number of carbonyl (C=O) groups excluding carboxylic acids is 1. The van der Waals surface area contributed by atoms with Gasteiger partial charge in [0.2, 0.25) is 0 Å². The monoisotopic (exact) mass is 355 g/mol. The standard InChI is InChI=1S/C20H18FNO2S/c1-11-4-3-5-14-12(2)19(24-18(11)14)20(23)22-16-8-9-25-17-7-6-13(21)10-15(16)17/h3-7,10,16H,8-9H2,1-2H3,(H,22,23). The number of carbonyl (C=O) groups is 1. The summed E-state index contributed by atoms with van der Waals surface area (Å²) in [6.07, 6.45) is 0.769. The highest BCUT2D eigenvalue weighted by Gasteiger charge is 2.26. The van der Waals surface area contributed by atoms with E-state index < -0.39 is 0 Å². The fraction of sp³-hybridized carbons (Fsp3) is 0.250. The molecular weight excluding hydrogens is 337 g/mol. The van der Waals surface area contributed by atoms with Crippen molar-refractivity contribution in [2.45, 2.75) is 31.2 Å². The zero-order chi connectivity index (χ0) is 17.6. The second kappa shape index (κ2) is 6.23. The van der Waals surface area contributed by atoms with Gasteiger partial charge in [-0.05, 0) is 49.6 Å². The third-order valence-electron chi connectivity index (χ3n) is 4.68. The molecule has 3 nitrogen and oxygen atoms in total. The second-order valence-corrected chi connectivity index (χ2v) is 7.49. The number of rotatable bonds is 2. The highest BCUT2D eigenvalue weighted by Crippen LogP contribution is 2.37. The van der Waals surface area contributed by atoms with Crippen LogP contribution in [0.4, 0.5) is 4.39 Å². The third-order valence-corrected chi connectivity index (χ3v) is 5.81. The topological polar surface area (TPSA) is 42.2 Å².